The van der Waals surface area contributed by atoms with Crippen LogP contribution in [0.3, 0.4) is 0 Å². The van der Waals surface area contributed by atoms with Crippen LogP contribution in [0.2, 0.25) is 0 Å². The fourth-order valence-corrected chi connectivity index (χ4v) is 2.48. The molecule has 1 aromatic heterocycles. The maximum atomic E-state index is 12.1. The van der Waals surface area contributed by atoms with Crippen LogP contribution >= 0.6 is 0 Å². The number of hydrogen-bond donors (Lipinski definition) is 0. The van der Waals surface area contributed by atoms with E-state index in [1.165, 1.54) is 44.9 Å². The second kappa shape index (κ2) is 11.3. The Morgan fingerprint density at radius 3 is 2.29 bits per heavy atom. The summed E-state index contributed by atoms with van der Waals surface area (Å²) in [7, 11) is 1.58. The minimum atomic E-state index is 0.0930. The van der Waals surface area contributed by atoms with E-state index in [0.29, 0.717) is 17.9 Å². The third kappa shape index (κ3) is 7.26. The van der Waals surface area contributed by atoms with E-state index >= 15 is 0 Å². The van der Waals surface area contributed by atoms with Gasteiger partial charge in [-0.05, 0) is 18.6 Å². The van der Waals surface area contributed by atoms with Crippen LogP contribution < -0.4 is 4.74 Å². The van der Waals surface area contributed by atoms with Crippen LogP contribution in [0.25, 0.3) is 0 Å². The highest BCUT2D eigenvalue weighted by molar-refractivity contribution is 5.96. The molecule has 1 heterocycles. The summed E-state index contributed by atoms with van der Waals surface area (Å²) in [6.45, 7) is 2.24. The summed E-state index contributed by atoms with van der Waals surface area (Å²) in [4.78, 5) is 16.2. The van der Waals surface area contributed by atoms with Gasteiger partial charge in [0.15, 0.2) is 5.78 Å². The Bertz CT molecular complexity index is 404. The van der Waals surface area contributed by atoms with Gasteiger partial charge < -0.3 is 4.74 Å². The quantitative estimate of drug-likeness (QED) is 0.393. The first-order valence-corrected chi connectivity index (χ1v) is 8.31. The zero-order valence-corrected chi connectivity index (χ0v) is 13.6. The zero-order chi connectivity index (χ0) is 15.3. The molecule has 0 spiro atoms. The van der Waals surface area contributed by atoms with Crippen molar-refractivity contribution in [3.63, 3.8) is 0 Å². The number of Topliss-reactive ketones (excluding diaryl/α,β-unsaturated/α-hetero) is 1. The number of hydrogen-bond acceptors (Lipinski definition) is 3. The predicted molar refractivity (Wildman–Crippen MR) is 87.0 cm³/mol. The number of methoxy groups -OCH3 is 1. The summed E-state index contributed by atoms with van der Waals surface area (Å²) < 4.78 is 5.17. The molecule has 0 aliphatic rings. The molecule has 0 fully saturated rings. The third-order valence-corrected chi connectivity index (χ3v) is 3.76. The van der Waals surface area contributed by atoms with Gasteiger partial charge in [-0.15, -0.1) is 0 Å². The topological polar surface area (TPSA) is 39.2 Å². The maximum absolute atomic E-state index is 12.1. The molecule has 0 bridgehead atoms. The minimum absolute atomic E-state index is 0.0930. The normalized spacial score (nSPS) is 10.6. The number of carbonyl (C=O) groups is 1. The standard InChI is InChI=1S/C18H29NO2/c1-3-4-5-6-7-8-9-10-11-13-16(20)18-17(21-2)14-12-15-19-18/h12,14-15H,3-11,13H2,1-2H3. The van der Waals surface area contributed by atoms with Gasteiger partial charge in [0.2, 0.25) is 0 Å². The SMILES string of the molecule is CCCCCCCCCCCC(=O)c1ncccc1OC. The van der Waals surface area contributed by atoms with E-state index in [1.54, 1.807) is 25.4 Å². The first-order chi connectivity index (χ1) is 10.3. The number of unbranched alkanes of at least 4 members (excludes halogenated alkanes) is 8. The molecule has 0 saturated carbocycles. The Kier molecular flexibility index (Phi) is 9.51. The highest BCUT2D eigenvalue weighted by Crippen LogP contribution is 2.18. The largest absolute Gasteiger partial charge is 0.494 e. The lowest BCUT2D eigenvalue weighted by molar-refractivity contribution is 0.0971. The summed E-state index contributed by atoms with van der Waals surface area (Å²) in [5.74, 6) is 0.675. The van der Waals surface area contributed by atoms with E-state index in [-0.39, 0.29) is 5.78 Å². The van der Waals surface area contributed by atoms with Crippen molar-refractivity contribution in [3.05, 3.63) is 24.0 Å². The Morgan fingerprint density at radius 2 is 1.67 bits per heavy atom. The lowest BCUT2D eigenvalue weighted by Gasteiger charge is -2.06. The van der Waals surface area contributed by atoms with Gasteiger partial charge >= 0.3 is 0 Å². The maximum Gasteiger partial charge on any atom is 0.184 e. The molecule has 0 aliphatic heterocycles. The Hall–Kier alpha value is -1.38. The minimum Gasteiger partial charge on any atom is -0.494 e. The molecule has 0 radical (unpaired) electrons. The summed E-state index contributed by atoms with van der Waals surface area (Å²) in [6, 6.07) is 3.57. The van der Waals surface area contributed by atoms with Gasteiger partial charge in [-0.3, -0.25) is 4.79 Å². The van der Waals surface area contributed by atoms with Crippen molar-refractivity contribution in [2.45, 2.75) is 71.1 Å². The van der Waals surface area contributed by atoms with Crippen LogP contribution in [0, 0.1) is 0 Å². The van der Waals surface area contributed by atoms with Crippen molar-refractivity contribution >= 4 is 5.78 Å². The zero-order valence-electron chi connectivity index (χ0n) is 13.6. The molecular formula is C18H29NO2. The van der Waals surface area contributed by atoms with Gasteiger partial charge in [0, 0.05) is 12.6 Å². The van der Waals surface area contributed by atoms with E-state index in [4.69, 9.17) is 4.74 Å². The molecule has 0 aromatic carbocycles. The van der Waals surface area contributed by atoms with E-state index < -0.39 is 0 Å². The number of carbonyl (C=O) groups excluding carboxylic acids is 1. The summed E-state index contributed by atoms with van der Waals surface area (Å²) in [5, 5.41) is 0. The van der Waals surface area contributed by atoms with Crippen molar-refractivity contribution in [2.75, 3.05) is 7.11 Å². The summed E-state index contributed by atoms with van der Waals surface area (Å²) in [5.41, 5.74) is 0.472. The Balaban J connectivity index is 2.11. The molecule has 21 heavy (non-hydrogen) atoms. The number of pyridine rings is 1. The molecule has 1 rings (SSSR count). The van der Waals surface area contributed by atoms with Crippen molar-refractivity contribution in [1.29, 1.82) is 0 Å². The van der Waals surface area contributed by atoms with Crippen LogP contribution in [0.15, 0.2) is 18.3 Å². The predicted octanol–water partition coefficient (Wildman–Crippen LogP) is 5.19. The van der Waals surface area contributed by atoms with Gasteiger partial charge in [-0.2, -0.15) is 0 Å². The fourth-order valence-electron chi connectivity index (χ4n) is 2.48. The first kappa shape index (κ1) is 17.7. The van der Waals surface area contributed by atoms with Crippen LogP contribution in [0.4, 0.5) is 0 Å². The lowest BCUT2D eigenvalue weighted by Crippen LogP contribution is -2.04. The number of ketones is 1. The van der Waals surface area contributed by atoms with Crippen molar-refractivity contribution in [1.82, 2.24) is 4.98 Å². The molecule has 3 nitrogen and oxygen atoms in total. The van der Waals surface area contributed by atoms with Gasteiger partial charge in [0.05, 0.1) is 7.11 Å². The van der Waals surface area contributed by atoms with E-state index in [1.807, 2.05) is 0 Å². The molecule has 0 unspecified atom stereocenters. The molecule has 0 saturated heterocycles. The van der Waals surface area contributed by atoms with E-state index in [9.17, 15) is 4.79 Å². The van der Waals surface area contributed by atoms with E-state index in [0.717, 1.165) is 12.8 Å². The second-order valence-electron chi connectivity index (χ2n) is 5.56. The lowest BCUT2D eigenvalue weighted by atomic mass is 10.0. The molecule has 0 amide bonds. The van der Waals surface area contributed by atoms with Crippen LogP contribution in [0.5, 0.6) is 5.75 Å². The van der Waals surface area contributed by atoms with Crippen molar-refractivity contribution < 1.29 is 9.53 Å². The average molecular weight is 291 g/mol. The highest BCUT2D eigenvalue weighted by Gasteiger charge is 2.12. The average Bonchev–Trinajstić information content (AvgIpc) is 2.53. The first-order valence-electron chi connectivity index (χ1n) is 8.31. The van der Waals surface area contributed by atoms with Gasteiger partial charge in [-0.25, -0.2) is 4.98 Å². The molecular weight excluding hydrogens is 262 g/mol. The van der Waals surface area contributed by atoms with Crippen molar-refractivity contribution in [3.8, 4) is 5.75 Å². The molecule has 1 aromatic rings. The summed E-state index contributed by atoms with van der Waals surface area (Å²) >= 11 is 0. The van der Waals surface area contributed by atoms with Gasteiger partial charge in [0.25, 0.3) is 0 Å². The number of rotatable bonds is 12. The fraction of sp³-hybridized carbons (Fsp3) is 0.667. The van der Waals surface area contributed by atoms with Gasteiger partial charge in [0.1, 0.15) is 11.4 Å². The second-order valence-corrected chi connectivity index (χ2v) is 5.56. The van der Waals surface area contributed by atoms with Crippen LogP contribution in [-0.2, 0) is 0 Å². The summed E-state index contributed by atoms with van der Waals surface area (Å²) in [6.07, 6.45) is 13.6. The monoisotopic (exact) mass is 291 g/mol. The Morgan fingerprint density at radius 1 is 1.05 bits per heavy atom. The number of aromatic nitrogens is 1. The highest BCUT2D eigenvalue weighted by atomic mass is 16.5. The number of ether oxygens (including phenoxy) is 1. The molecule has 118 valence electrons. The van der Waals surface area contributed by atoms with E-state index in [2.05, 4.69) is 11.9 Å². The van der Waals surface area contributed by atoms with Crippen LogP contribution in [-0.4, -0.2) is 17.9 Å². The molecule has 0 N–H and O–H groups in total. The Labute approximate surface area is 129 Å². The molecule has 3 heteroatoms. The number of nitrogens with zero attached hydrogens (tertiary/aromatic N) is 1. The molecule has 0 atom stereocenters. The van der Waals surface area contributed by atoms with Crippen molar-refractivity contribution in [2.24, 2.45) is 0 Å². The van der Waals surface area contributed by atoms with Crippen LogP contribution in [0.1, 0.15) is 81.6 Å². The van der Waals surface area contributed by atoms with Gasteiger partial charge in [-0.1, -0.05) is 58.3 Å². The smallest absolute Gasteiger partial charge is 0.184 e. The third-order valence-electron chi connectivity index (χ3n) is 3.76. The molecule has 0 aliphatic carbocycles.